The molecule has 0 fully saturated rings. The third-order valence-electron chi connectivity index (χ3n) is 4.90. The number of amides is 1. The minimum absolute atomic E-state index is 0.0341. The van der Waals surface area contributed by atoms with Crippen molar-refractivity contribution in [2.24, 2.45) is 0 Å². The van der Waals surface area contributed by atoms with Crippen molar-refractivity contribution in [2.75, 3.05) is 11.9 Å². The van der Waals surface area contributed by atoms with Gasteiger partial charge in [-0.1, -0.05) is 36.2 Å². The van der Waals surface area contributed by atoms with Crippen LogP contribution in [0.1, 0.15) is 30.7 Å². The summed E-state index contributed by atoms with van der Waals surface area (Å²) >= 11 is 0. The van der Waals surface area contributed by atoms with Crippen LogP contribution in [0.5, 0.6) is 5.75 Å². The highest BCUT2D eigenvalue weighted by Gasteiger charge is 2.16. The van der Waals surface area contributed by atoms with Crippen LogP contribution in [0.3, 0.4) is 0 Å². The summed E-state index contributed by atoms with van der Waals surface area (Å²) in [6, 6.07) is 15.4. The number of ether oxygens (including phenoxy) is 1. The van der Waals surface area contributed by atoms with Crippen LogP contribution < -0.4 is 10.1 Å². The van der Waals surface area contributed by atoms with Crippen LogP contribution in [0.15, 0.2) is 48.5 Å². The molecule has 0 spiro atoms. The second-order valence-corrected chi connectivity index (χ2v) is 7.13. The van der Waals surface area contributed by atoms with Gasteiger partial charge >= 0.3 is 0 Å². The van der Waals surface area contributed by atoms with Crippen molar-refractivity contribution in [2.45, 2.75) is 39.2 Å². The average molecular weight is 376 g/mol. The van der Waals surface area contributed by atoms with Gasteiger partial charge in [-0.3, -0.25) is 4.79 Å². The van der Waals surface area contributed by atoms with E-state index in [1.807, 2.05) is 55.5 Å². The number of carbonyl (C=O) groups excluding carboxylic acids is 1. The van der Waals surface area contributed by atoms with Gasteiger partial charge in [0, 0.05) is 24.2 Å². The largest absolute Gasteiger partial charge is 0.484 e. The van der Waals surface area contributed by atoms with Crippen LogP contribution in [0.2, 0.25) is 0 Å². The lowest BCUT2D eigenvalue weighted by atomic mass is 10.2. The Morgan fingerprint density at radius 2 is 1.96 bits per heavy atom. The van der Waals surface area contributed by atoms with Crippen LogP contribution in [0.25, 0.3) is 11.4 Å². The molecular formula is C22H24N4O2. The lowest BCUT2D eigenvalue weighted by Crippen LogP contribution is -2.20. The summed E-state index contributed by atoms with van der Waals surface area (Å²) in [6.07, 6.45) is 4.50. The number of anilines is 1. The maximum absolute atomic E-state index is 12.3. The van der Waals surface area contributed by atoms with Gasteiger partial charge in [0.1, 0.15) is 11.6 Å². The summed E-state index contributed by atoms with van der Waals surface area (Å²) in [6.45, 7) is 2.92. The summed E-state index contributed by atoms with van der Waals surface area (Å²) in [5.74, 6) is 2.40. The van der Waals surface area contributed by atoms with Gasteiger partial charge in [0.25, 0.3) is 5.91 Å². The predicted octanol–water partition coefficient (Wildman–Crippen LogP) is 4.00. The number of fused-ring (bicyclic) bond motifs is 1. The van der Waals surface area contributed by atoms with E-state index in [1.54, 1.807) is 0 Å². The van der Waals surface area contributed by atoms with Crippen molar-refractivity contribution in [1.29, 1.82) is 0 Å². The van der Waals surface area contributed by atoms with Crippen LogP contribution in [0.4, 0.5) is 5.69 Å². The van der Waals surface area contributed by atoms with E-state index < -0.39 is 0 Å². The normalized spacial score (nSPS) is 13.5. The van der Waals surface area contributed by atoms with E-state index in [1.165, 1.54) is 6.42 Å². The van der Waals surface area contributed by atoms with Gasteiger partial charge in [-0.2, -0.15) is 0 Å². The first kappa shape index (κ1) is 18.2. The van der Waals surface area contributed by atoms with Crippen molar-refractivity contribution in [3.63, 3.8) is 0 Å². The molecule has 1 amide bonds. The average Bonchev–Trinajstić information content (AvgIpc) is 2.96. The zero-order valence-corrected chi connectivity index (χ0v) is 16.0. The lowest BCUT2D eigenvalue weighted by Gasteiger charge is -2.10. The third-order valence-corrected chi connectivity index (χ3v) is 4.90. The Kier molecular flexibility index (Phi) is 5.37. The number of aryl methyl sites for hydroxylation is 2. The molecule has 0 aliphatic carbocycles. The quantitative estimate of drug-likeness (QED) is 0.731. The standard InChI is InChI=1S/C22H24N4O2/c1-16-9-11-19(12-10-16)28-15-21(27)23-18-7-5-6-17(14-18)22-25-24-20-8-3-2-4-13-26(20)22/h5-7,9-12,14H,2-4,8,13,15H2,1H3,(H,23,27). The van der Waals surface area contributed by atoms with E-state index in [9.17, 15) is 4.79 Å². The van der Waals surface area contributed by atoms with Crippen molar-refractivity contribution in [3.8, 4) is 17.1 Å². The van der Waals surface area contributed by atoms with Gasteiger partial charge < -0.3 is 14.6 Å². The molecule has 144 valence electrons. The number of rotatable bonds is 5. The molecular weight excluding hydrogens is 352 g/mol. The Labute approximate surface area is 164 Å². The maximum Gasteiger partial charge on any atom is 0.262 e. The highest BCUT2D eigenvalue weighted by Crippen LogP contribution is 2.25. The molecule has 1 aliphatic heterocycles. The highest BCUT2D eigenvalue weighted by atomic mass is 16.5. The van der Waals surface area contributed by atoms with Gasteiger partial charge in [-0.05, 0) is 44.0 Å². The molecule has 0 radical (unpaired) electrons. The fourth-order valence-electron chi connectivity index (χ4n) is 3.42. The molecule has 0 saturated carbocycles. The lowest BCUT2D eigenvalue weighted by molar-refractivity contribution is -0.118. The van der Waals surface area contributed by atoms with E-state index in [2.05, 4.69) is 20.1 Å². The summed E-state index contributed by atoms with van der Waals surface area (Å²) in [5, 5.41) is 11.6. The monoisotopic (exact) mass is 376 g/mol. The fraction of sp³-hybridized carbons (Fsp3) is 0.318. The van der Waals surface area contributed by atoms with Crippen molar-refractivity contribution < 1.29 is 9.53 Å². The number of benzene rings is 2. The smallest absolute Gasteiger partial charge is 0.262 e. The fourth-order valence-corrected chi connectivity index (χ4v) is 3.42. The molecule has 6 nitrogen and oxygen atoms in total. The molecule has 2 aromatic carbocycles. The first-order valence-corrected chi connectivity index (χ1v) is 9.71. The summed E-state index contributed by atoms with van der Waals surface area (Å²) in [4.78, 5) is 12.3. The van der Waals surface area contributed by atoms with Crippen LogP contribution >= 0.6 is 0 Å². The van der Waals surface area contributed by atoms with E-state index in [4.69, 9.17) is 4.74 Å². The Hall–Kier alpha value is -3.15. The van der Waals surface area contributed by atoms with E-state index in [0.717, 1.165) is 54.3 Å². The topological polar surface area (TPSA) is 69.0 Å². The molecule has 0 unspecified atom stereocenters. The number of nitrogens with zero attached hydrogens (tertiary/aromatic N) is 3. The summed E-state index contributed by atoms with van der Waals surface area (Å²) in [7, 11) is 0. The van der Waals surface area contributed by atoms with Crippen LogP contribution in [-0.2, 0) is 17.8 Å². The number of carbonyl (C=O) groups is 1. The van der Waals surface area contributed by atoms with Crippen molar-refractivity contribution in [3.05, 3.63) is 59.9 Å². The zero-order chi connectivity index (χ0) is 19.3. The number of hydrogen-bond donors (Lipinski definition) is 1. The predicted molar refractivity (Wildman–Crippen MR) is 108 cm³/mol. The minimum atomic E-state index is -0.196. The van der Waals surface area contributed by atoms with Crippen LogP contribution in [0, 0.1) is 6.92 Å². The van der Waals surface area contributed by atoms with E-state index in [-0.39, 0.29) is 12.5 Å². The molecule has 0 atom stereocenters. The Balaban J connectivity index is 1.43. The van der Waals surface area contributed by atoms with Crippen molar-refractivity contribution >= 4 is 11.6 Å². The molecule has 3 aromatic rings. The highest BCUT2D eigenvalue weighted by molar-refractivity contribution is 5.92. The molecule has 4 rings (SSSR count). The van der Waals surface area contributed by atoms with Gasteiger partial charge in [-0.15, -0.1) is 10.2 Å². The number of hydrogen-bond acceptors (Lipinski definition) is 4. The minimum Gasteiger partial charge on any atom is -0.484 e. The molecule has 1 aliphatic rings. The summed E-state index contributed by atoms with van der Waals surface area (Å²) < 4.78 is 7.75. The molecule has 1 aromatic heterocycles. The van der Waals surface area contributed by atoms with Crippen molar-refractivity contribution in [1.82, 2.24) is 14.8 Å². The molecule has 0 bridgehead atoms. The molecule has 28 heavy (non-hydrogen) atoms. The first-order chi connectivity index (χ1) is 13.7. The number of nitrogens with one attached hydrogen (secondary N) is 1. The van der Waals surface area contributed by atoms with E-state index in [0.29, 0.717) is 5.75 Å². The maximum atomic E-state index is 12.3. The SMILES string of the molecule is Cc1ccc(OCC(=O)Nc2cccc(-c3nnc4n3CCCCC4)c2)cc1. The summed E-state index contributed by atoms with van der Waals surface area (Å²) in [5.41, 5.74) is 2.83. The molecule has 1 N–H and O–H groups in total. The van der Waals surface area contributed by atoms with Crippen LogP contribution in [-0.4, -0.2) is 27.3 Å². The Morgan fingerprint density at radius 1 is 1.11 bits per heavy atom. The van der Waals surface area contributed by atoms with Gasteiger partial charge in [0.2, 0.25) is 0 Å². The molecule has 6 heteroatoms. The van der Waals surface area contributed by atoms with Gasteiger partial charge in [0.05, 0.1) is 0 Å². The number of aromatic nitrogens is 3. The second-order valence-electron chi connectivity index (χ2n) is 7.13. The van der Waals surface area contributed by atoms with Gasteiger partial charge in [-0.25, -0.2) is 0 Å². The second kappa shape index (κ2) is 8.25. The third kappa shape index (κ3) is 4.22. The Bertz CT molecular complexity index is 963. The Morgan fingerprint density at radius 3 is 2.82 bits per heavy atom. The molecule has 0 saturated heterocycles. The van der Waals surface area contributed by atoms with E-state index >= 15 is 0 Å². The zero-order valence-electron chi connectivity index (χ0n) is 16.0. The first-order valence-electron chi connectivity index (χ1n) is 9.71. The molecule has 2 heterocycles. The van der Waals surface area contributed by atoms with Gasteiger partial charge in [0.15, 0.2) is 12.4 Å².